The highest BCUT2D eigenvalue weighted by molar-refractivity contribution is 6.30. The number of fused-ring (bicyclic) bond motifs is 2. The number of carbonyl (C=O) groups excluding carboxylic acids is 5. The van der Waals surface area contributed by atoms with Crippen molar-refractivity contribution in [1.29, 1.82) is 0 Å². The fourth-order valence-electron chi connectivity index (χ4n) is 3.85. The molecule has 0 spiro atoms. The van der Waals surface area contributed by atoms with Gasteiger partial charge in [0, 0.05) is 41.3 Å². The van der Waals surface area contributed by atoms with Crippen molar-refractivity contribution in [3.63, 3.8) is 0 Å². The molecule has 1 amide bonds. The first kappa shape index (κ1) is 22.8. The Bertz CT molecular complexity index is 1320. The van der Waals surface area contributed by atoms with Crippen molar-refractivity contribution in [3.05, 3.63) is 106 Å². The van der Waals surface area contributed by atoms with Crippen LogP contribution >= 0.6 is 0 Å². The molecule has 1 N–H and O–H groups in total. The van der Waals surface area contributed by atoms with E-state index in [0.29, 0.717) is 24.1 Å². The van der Waals surface area contributed by atoms with E-state index in [4.69, 9.17) is 4.74 Å². The molecule has 3 aromatic rings. The molecule has 170 valence electrons. The third kappa shape index (κ3) is 4.54. The van der Waals surface area contributed by atoms with Gasteiger partial charge in [-0.15, -0.1) is 0 Å². The van der Waals surface area contributed by atoms with E-state index >= 15 is 0 Å². The molecular formula is C27H21NO6. The summed E-state index contributed by atoms with van der Waals surface area (Å²) in [6.45, 7) is 1.43. The number of ether oxygens (including phenoxy) is 1. The Balaban J connectivity index is 1.45. The average molecular weight is 455 g/mol. The Kier molecular flexibility index (Phi) is 6.45. The van der Waals surface area contributed by atoms with Gasteiger partial charge in [0.05, 0.1) is 5.56 Å². The number of hydrogen-bond donors (Lipinski definition) is 1. The van der Waals surface area contributed by atoms with Crippen LogP contribution in [0.2, 0.25) is 0 Å². The van der Waals surface area contributed by atoms with E-state index in [1.54, 1.807) is 48.5 Å². The lowest BCUT2D eigenvalue weighted by molar-refractivity contribution is -0.118. The molecule has 7 heteroatoms. The molecule has 0 saturated carbocycles. The third-order valence-electron chi connectivity index (χ3n) is 5.57. The summed E-state index contributed by atoms with van der Waals surface area (Å²) in [7, 11) is 0. The van der Waals surface area contributed by atoms with Crippen molar-refractivity contribution in [1.82, 2.24) is 5.32 Å². The van der Waals surface area contributed by atoms with Crippen LogP contribution in [0.3, 0.4) is 0 Å². The number of Topliss-reactive ketones (excluding diaryl/α,β-unsaturated/α-hetero) is 1. The molecule has 4 rings (SSSR count). The van der Waals surface area contributed by atoms with Gasteiger partial charge in [0.1, 0.15) is 0 Å². The summed E-state index contributed by atoms with van der Waals surface area (Å²) in [4.78, 5) is 62.1. The van der Waals surface area contributed by atoms with Crippen LogP contribution < -0.4 is 5.32 Å². The van der Waals surface area contributed by atoms with Crippen molar-refractivity contribution in [2.24, 2.45) is 0 Å². The number of amides is 1. The highest BCUT2D eigenvalue weighted by Crippen LogP contribution is 2.29. The number of rotatable bonds is 7. The number of benzene rings is 3. The molecule has 0 saturated heterocycles. The Morgan fingerprint density at radius 3 is 2.12 bits per heavy atom. The minimum atomic E-state index is -0.849. The second-order valence-corrected chi connectivity index (χ2v) is 7.86. The summed E-state index contributed by atoms with van der Waals surface area (Å²) in [6, 6.07) is 17.7. The van der Waals surface area contributed by atoms with Gasteiger partial charge in [0.25, 0.3) is 0 Å². The van der Waals surface area contributed by atoms with Crippen molar-refractivity contribution in [2.75, 3.05) is 13.2 Å². The summed E-state index contributed by atoms with van der Waals surface area (Å²) in [5.41, 5.74) is 1.92. The second kappa shape index (κ2) is 9.62. The van der Waals surface area contributed by atoms with Crippen LogP contribution in [-0.4, -0.2) is 42.4 Å². The van der Waals surface area contributed by atoms with E-state index in [1.165, 1.54) is 25.1 Å². The topological polar surface area (TPSA) is 107 Å². The molecule has 0 aliphatic heterocycles. The van der Waals surface area contributed by atoms with Crippen LogP contribution in [-0.2, 0) is 16.0 Å². The second-order valence-electron chi connectivity index (χ2n) is 7.86. The lowest BCUT2D eigenvalue weighted by Gasteiger charge is -2.19. The number of esters is 1. The van der Waals surface area contributed by atoms with Gasteiger partial charge < -0.3 is 10.1 Å². The highest BCUT2D eigenvalue weighted by Gasteiger charge is 2.33. The first-order chi connectivity index (χ1) is 16.4. The van der Waals surface area contributed by atoms with Crippen molar-refractivity contribution < 1.29 is 28.7 Å². The highest BCUT2D eigenvalue weighted by atomic mass is 16.5. The van der Waals surface area contributed by atoms with Crippen LogP contribution in [0.15, 0.2) is 66.7 Å². The standard InChI is InChI=1S/C27H21NO6/c1-16(29)28-14-13-17-9-11-18(12-10-17)23(30)15-34-27(33)22-8-4-7-21-24(22)26(32)20-6-3-2-5-19(20)25(21)31/h2-12H,13-15H2,1H3,(H,28,29). The molecule has 0 aromatic heterocycles. The molecule has 1 aliphatic rings. The summed E-state index contributed by atoms with van der Waals surface area (Å²) < 4.78 is 5.20. The van der Waals surface area contributed by atoms with Crippen molar-refractivity contribution in [3.8, 4) is 0 Å². The third-order valence-corrected chi connectivity index (χ3v) is 5.57. The molecule has 1 aliphatic carbocycles. The Labute approximate surface area is 195 Å². The maximum Gasteiger partial charge on any atom is 0.339 e. The van der Waals surface area contributed by atoms with Gasteiger partial charge in [0.2, 0.25) is 5.91 Å². The lowest BCUT2D eigenvalue weighted by Crippen LogP contribution is -2.25. The zero-order valence-corrected chi connectivity index (χ0v) is 18.4. The predicted molar refractivity (Wildman–Crippen MR) is 123 cm³/mol. The zero-order chi connectivity index (χ0) is 24.2. The van der Waals surface area contributed by atoms with E-state index < -0.39 is 24.1 Å². The molecule has 0 atom stereocenters. The Morgan fingerprint density at radius 1 is 0.794 bits per heavy atom. The van der Waals surface area contributed by atoms with E-state index in [-0.39, 0.29) is 33.9 Å². The van der Waals surface area contributed by atoms with Crippen LogP contribution in [0.1, 0.15) is 65.0 Å². The maximum absolute atomic E-state index is 13.0. The van der Waals surface area contributed by atoms with Crippen LogP contribution in [0, 0.1) is 0 Å². The number of carbonyl (C=O) groups is 5. The SMILES string of the molecule is CC(=O)NCCc1ccc(C(=O)COC(=O)c2cccc3c2C(=O)c2ccccc2C3=O)cc1. The van der Waals surface area contributed by atoms with E-state index in [1.807, 2.05) is 0 Å². The van der Waals surface area contributed by atoms with Crippen LogP contribution in [0.5, 0.6) is 0 Å². The van der Waals surface area contributed by atoms with E-state index in [0.717, 1.165) is 5.56 Å². The summed E-state index contributed by atoms with van der Waals surface area (Å²) in [5, 5.41) is 2.70. The Morgan fingerprint density at radius 2 is 1.44 bits per heavy atom. The van der Waals surface area contributed by atoms with Crippen molar-refractivity contribution >= 4 is 29.2 Å². The first-order valence-corrected chi connectivity index (χ1v) is 10.7. The van der Waals surface area contributed by atoms with Gasteiger partial charge >= 0.3 is 5.97 Å². The zero-order valence-electron chi connectivity index (χ0n) is 18.4. The minimum Gasteiger partial charge on any atom is -0.454 e. The summed E-state index contributed by atoms with van der Waals surface area (Å²) in [5.74, 6) is -2.13. The van der Waals surface area contributed by atoms with Gasteiger partial charge in [-0.25, -0.2) is 4.79 Å². The fraction of sp³-hybridized carbons (Fsp3) is 0.148. The molecule has 0 heterocycles. The van der Waals surface area contributed by atoms with Crippen LogP contribution in [0.25, 0.3) is 0 Å². The smallest absolute Gasteiger partial charge is 0.339 e. The number of ketones is 3. The predicted octanol–water partition coefficient (Wildman–Crippen LogP) is 3.18. The number of nitrogens with one attached hydrogen (secondary N) is 1. The largest absolute Gasteiger partial charge is 0.454 e. The van der Waals surface area contributed by atoms with E-state index in [2.05, 4.69) is 5.32 Å². The fourth-order valence-corrected chi connectivity index (χ4v) is 3.85. The average Bonchev–Trinajstić information content (AvgIpc) is 2.85. The molecule has 0 radical (unpaired) electrons. The van der Waals surface area contributed by atoms with E-state index in [9.17, 15) is 24.0 Å². The molecule has 0 bridgehead atoms. The van der Waals surface area contributed by atoms with Gasteiger partial charge in [-0.1, -0.05) is 60.7 Å². The first-order valence-electron chi connectivity index (χ1n) is 10.7. The normalized spacial score (nSPS) is 11.9. The maximum atomic E-state index is 13.0. The molecule has 7 nitrogen and oxygen atoms in total. The molecule has 3 aromatic carbocycles. The van der Waals surface area contributed by atoms with Crippen LogP contribution in [0.4, 0.5) is 0 Å². The quantitative estimate of drug-likeness (QED) is 0.339. The lowest BCUT2D eigenvalue weighted by atomic mass is 9.82. The molecule has 0 unspecified atom stereocenters. The van der Waals surface area contributed by atoms with Gasteiger partial charge in [-0.3, -0.25) is 19.2 Å². The molecular weight excluding hydrogens is 434 g/mol. The van der Waals surface area contributed by atoms with Gasteiger partial charge in [-0.2, -0.15) is 0 Å². The summed E-state index contributed by atoms with van der Waals surface area (Å²) >= 11 is 0. The van der Waals surface area contributed by atoms with Gasteiger partial charge in [-0.05, 0) is 18.1 Å². The van der Waals surface area contributed by atoms with Gasteiger partial charge in [0.15, 0.2) is 24.0 Å². The number of hydrogen-bond acceptors (Lipinski definition) is 6. The molecule has 0 fully saturated rings. The molecule has 34 heavy (non-hydrogen) atoms. The monoisotopic (exact) mass is 455 g/mol. The minimum absolute atomic E-state index is 0.00725. The summed E-state index contributed by atoms with van der Waals surface area (Å²) in [6.07, 6.45) is 0.623. The Hall–Kier alpha value is -4.39. The van der Waals surface area contributed by atoms with Crippen molar-refractivity contribution in [2.45, 2.75) is 13.3 Å².